The van der Waals surface area contributed by atoms with Crippen molar-refractivity contribution in [2.75, 3.05) is 0 Å². The minimum absolute atomic E-state index is 0.0294. The van der Waals surface area contributed by atoms with E-state index in [1.165, 1.54) is 0 Å². The Hall–Kier alpha value is -1.90. The highest BCUT2D eigenvalue weighted by Crippen LogP contribution is 2.24. The normalized spacial score (nSPS) is 11.8. The standard InChI is InChI=1S/C15H18N2O/c1-5-6-13(18)14-12-9-11(4)7-8-17(12)16-15(14)10(2)3/h5-10H,1-4H3/b6-5+. The van der Waals surface area contributed by atoms with Gasteiger partial charge in [-0.25, -0.2) is 4.52 Å². The summed E-state index contributed by atoms with van der Waals surface area (Å²) in [4.78, 5) is 12.2. The number of ketones is 1. The first-order valence-electron chi connectivity index (χ1n) is 6.20. The predicted molar refractivity (Wildman–Crippen MR) is 73.2 cm³/mol. The Morgan fingerprint density at radius 2 is 2.17 bits per heavy atom. The molecule has 0 saturated carbocycles. The zero-order chi connectivity index (χ0) is 13.3. The molecule has 2 aromatic heterocycles. The van der Waals surface area contributed by atoms with Crippen molar-refractivity contribution in [3.63, 3.8) is 0 Å². The number of carbonyl (C=O) groups excluding carboxylic acids is 1. The molecule has 0 aliphatic carbocycles. The zero-order valence-corrected chi connectivity index (χ0v) is 11.3. The zero-order valence-electron chi connectivity index (χ0n) is 11.3. The Labute approximate surface area is 107 Å². The number of hydrogen-bond acceptors (Lipinski definition) is 2. The molecule has 0 amide bonds. The van der Waals surface area contributed by atoms with Crippen molar-refractivity contribution in [2.45, 2.75) is 33.6 Å². The lowest BCUT2D eigenvalue weighted by molar-refractivity contribution is 0.104. The summed E-state index contributed by atoms with van der Waals surface area (Å²) in [5.41, 5.74) is 3.62. The van der Waals surface area contributed by atoms with Gasteiger partial charge in [0.1, 0.15) is 0 Å². The maximum Gasteiger partial charge on any atom is 0.189 e. The van der Waals surface area contributed by atoms with Gasteiger partial charge in [0.05, 0.1) is 16.8 Å². The molecular formula is C15H18N2O. The van der Waals surface area contributed by atoms with Crippen molar-refractivity contribution in [1.82, 2.24) is 9.61 Å². The molecule has 0 unspecified atom stereocenters. The lowest BCUT2D eigenvalue weighted by atomic mass is 10.0. The first-order valence-corrected chi connectivity index (χ1v) is 6.20. The van der Waals surface area contributed by atoms with Gasteiger partial charge in [0.2, 0.25) is 0 Å². The Kier molecular flexibility index (Phi) is 3.32. The van der Waals surface area contributed by atoms with E-state index in [0.717, 1.165) is 22.3 Å². The smallest absolute Gasteiger partial charge is 0.189 e. The fourth-order valence-electron chi connectivity index (χ4n) is 2.06. The van der Waals surface area contributed by atoms with Crippen LogP contribution in [0.5, 0.6) is 0 Å². The van der Waals surface area contributed by atoms with E-state index in [1.54, 1.807) is 16.7 Å². The van der Waals surface area contributed by atoms with Crippen LogP contribution in [0.4, 0.5) is 0 Å². The van der Waals surface area contributed by atoms with E-state index in [4.69, 9.17) is 0 Å². The predicted octanol–water partition coefficient (Wildman–Crippen LogP) is 3.52. The fraction of sp³-hybridized carbons (Fsp3) is 0.333. The molecule has 0 radical (unpaired) electrons. The van der Waals surface area contributed by atoms with Crippen LogP contribution < -0.4 is 0 Å². The fourth-order valence-corrected chi connectivity index (χ4v) is 2.06. The maximum atomic E-state index is 12.2. The molecule has 2 rings (SSSR count). The van der Waals surface area contributed by atoms with Crippen molar-refractivity contribution in [2.24, 2.45) is 0 Å². The number of hydrogen-bond donors (Lipinski definition) is 0. The first kappa shape index (κ1) is 12.6. The van der Waals surface area contributed by atoms with Crippen LogP contribution in [0, 0.1) is 6.92 Å². The number of allylic oxidation sites excluding steroid dienone is 2. The van der Waals surface area contributed by atoms with E-state index in [9.17, 15) is 4.79 Å². The molecule has 0 N–H and O–H groups in total. The highest BCUT2D eigenvalue weighted by Gasteiger charge is 2.19. The molecule has 0 atom stereocenters. The number of pyridine rings is 1. The Balaban J connectivity index is 2.76. The topological polar surface area (TPSA) is 34.4 Å². The van der Waals surface area contributed by atoms with Crippen LogP contribution in [0.25, 0.3) is 5.52 Å². The summed E-state index contributed by atoms with van der Waals surface area (Å²) < 4.78 is 1.79. The van der Waals surface area contributed by atoms with Crippen LogP contribution in [0.3, 0.4) is 0 Å². The second-order valence-electron chi connectivity index (χ2n) is 4.81. The second-order valence-corrected chi connectivity index (χ2v) is 4.81. The Bertz CT molecular complexity index is 621. The van der Waals surface area contributed by atoms with Gasteiger partial charge in [-0.3, -0.25) is 4.79 Å². The maximum absolute atomic E-state index is 12.2. The second kappa shape index (κ2) is 4.77. The van der Waals surface area contributed by atoms with Crippen molar-refractivity contribution in [1.29, 1.82) is 0 Å². The van der Waals surface area contributed by atoms with Gasteiger partial charge < -0.3 is 0 Å². The molecule has 0 aromatic carbocycles. The van der Waals surface area contributed by atoms with Crippen LogP contribution in [0.2, 0.25) is 0 Å². The molecule has 2 aromatic rings. The minimum Gasteiger partial charge on any atom is -0.289 e. The highest BCUT2D eigenvalue weighted by atomic mass is 16.1. The third kappa shape index (κ3) is 2.08. The van der Waals surface area contributed by atoms with E-state index in [2.05, 4.69) is 18.9 Å². The van der Waals surface area contributed by atoms with E-state index < -0.39 is 0 Å². The first-order chi connectivity index (χ1) is 8.54. The van der Waals surface area contributed by atoms with Crippen LogP contribution in [0.15, 0.2) is 30.5 Å². The average Bonchev–Trinajstić information content (AvgIpc) is 2.67. The van der Waals surface area contributed by atoms with Gasteiger partial charge in [0, 0.05) is 6.20 Å². The number of nitrogens with zero attached hydrogens (tertiary/aromatic N) is 2. The molecule has 94 valence electrons. The largest absolute Gasteiger partial charge is 0.289 e. The van der Waals surface area contributed by atoms with Gasteiger partial charge in [-0.15, -0.1) is 0 Å². The van der Waals surface area contributed by atoms with Gasteiger partial charge in [0.25, 0.3) is 0 Å². The number of aryl methyl sites for hydroxylation is 1. The lowest BCUT2D eigenvalue weighted by Gasteiger charge is -2.02. The number of fused-ring (bicyclic) bond motifs is 1. The van der Waals surface area contributed by atoms with Crippen LogP contribution in [-0.4, -0.2) is 15.4 Å². The van der Waals surface area contributed by atoms with Crippen LogP contribution >= 0.6 is 0 Å². The number of aromatic nitrogens is 2. The van der Waals surface area contributed by atoms with E-state index in [0.29, 0.717) is 0 Å². The quantitative estimate of drug-likeness (QED) is 0.609. The van der Waals surface area contributed by atoms with Crippen molar-refractivity contribution >= 4 is 11.3 Å². The third-order valence-electron chi connectivity index (χ3n) is 2.93. The third-order valence-corrected chi connectivity index (χ3v) is 2.93. The molecule has 2 heterocycles. The summed E-state index contributed by atoms with van der Waals surface area (Å²) in [6, 6.07) is 4.00. The summed E-state index contributed by atoms with van der Waals surface area (Å²) in [6.45, 7) is 7.98. The van der Waals surface area contributed by atoms with Crippen molar-refractivity contribution in [3.8, 4) is 0 Å². The molecule has 18 heavy (non-hydrogen) atoms. The molecule has 0 bridgehead atoms. The summed E-state index contributed by atoms with van der Waals surface area (Å²) in [5.74, 6) is 0.260. The van der Waals surface area contributed by atoms with E-state index in [-0.39, 0.29) is 11.7 Å². The van der Waals surface area contributed by atoms with Gasteiger partial charge in [0.15, 0.2) is 5.78 Å². The summed E-state index contributed by atoms with van der Waals surface area (Å²) >= 11 is 0. The lowest BCUT2D eigenvalue weighted by Crippen LogP contribution is -2.00. The molecule has 0 fully saturated rings. The minimum atomic E-state index is 0.0294. The van der Waals surface area contributed by atoms with E-state index in [1.807, 2.05) is 32.2 Å². The van der Waals surface area contributed by atoms with Crippen LogP contribution in [-0.2, 0) is 0 Å². The van der Waals surface area contributed by atoms with Crippen LogP contribution in [0.1, 0.15) is 48.3 Å². The number of rotatable bonds is 3. The number of carbonyl (C=O) groups is 1. The molecule has 3 heteroatoms. The van der Waals surface area contributed by atoms with Gasteiger partial charge >= 0.3 is 0 Å². The Morgan fingerprint density at radius 3 is 2.78 bits per heavy atom. The summed E-state index contributed by atoms with van der Waals surface area (Å²) in [7, 11) is 0. The van der Waals surface area contributed by atoms with E-state index >= 15 is 0 Å². The highest BCUT2D eigenvalue weighted by molar-refractivity contribution is 6.10. The van der Waals surface area contributed by atoms with Gasteiger partial charge in [-0.1, -0.05) is 19.9 Å². The molecular weight excluding hydrogens is 224 g/mol. The van der Waals surface area contributed by atoms with Gasteiger partial charge in [-0.2, -0.15) is 5.10 Å². The molecule has 0 saturated heterocycles. The van der Waals surface area contributed by atoms with Crippen molar-refractivity contribution in [3.05, 3.63) is 47.3 Å². The Morgan fingerprint density at radius 1 is 1.44 bits per heavy atom. The monoisotopic (exact) mass is 242 g/mol. The summed E-state index contributed by atoms with van der Waals surface area (Å²) in [5, 5.41) is 4.52. The summed E-state index contributed by atoms with van der Waals surface area (Å²) in [6.07, 6.45) is 5.28. The molecule has 0 aliphatic rings. The SMILES string of the molecule is C/C=C/C(=O)c1c(C(C)C)nn2ccc(C)cc12. The molecule has 0 aliphatic heterocycles. The van der Waals surface area contributed by atoms with Crippen molar-refractivity contribution < 1.29 is 4.79 Å². The van der Waals surface area contributed by atoms with Gasteiger partial charge in [-0.05, 0) is 43.5 Å². The average molecular weight is 242 g/mol. The molecule has 3 nitrogen and oxygen atoms in total. The molecule has 0 spiro atoms.